The molecule has 0 aromatic carbocycles. The third kappa shape index (κ3) is 15.7. The van der Waals surface area contributed by atoms with Crippen LogP contribution in [0.15, 0.2) is 0 Å². The van der Waals surface area contributed by atoms with Gasteiger partial charge in [-0.05, 0) is 0 Å². The molecule has 0 aromatic heterocycles. The Labute approximate surface area is 82.3 Å². The van der Waals surface area contributed by atoms with E-state index in [1.165, 1.54) is 0 Å². The normalized spacial score (nSPS) is 6.80. The van der Waals surface area contributed by atoms with Crippen molar-refractivity contribution in [2.45, 2.75) is 12.8 Å². The van der Waals surface area contributed by atoms with Crippen LogP contribution >= 0.6 is 0 Å². The fourth-order valence-corrected chi connectivity index (χ4v) is 0.214. The summed E-state index contributed by atoms with van der Waals surface area (Å²) in [6, 6.07) is 0. The quantitative estimate of drug-likeness (QED) is 0.467. The van der Waals surface area contributed by atoms with E-state index in [9.17, 15) is 9.59 Å². The average Bonchev–Trinajstić information content (AvgIpc) is 1.61. The Morgan fingerprint density at radius 2 is 1.10 bits per heavy atom. The van der Waals surface area contributed by atoms with Gasteiger partial charge in [0.1, 0.15) is 0 Å². The molecule has 10 heavy (non-hydrogen) atoms. The van der Waals surface area contributed by atoms with Crippen molar-refractivity contribution < 1.29 is 19.8 Å². The van der Waals surface area contributed by atoms with E-state index in [0.29, 0.717) is 0 Å². The summed E-state index contributed by atoms with van der Waals surface area (Å²) in [5.74, 6) is -2.15. The zero-order valence-corrected chi connectivity index (χ0v) is 4.13. The summed E-state index contributed by atoms with van der Waals surface area (Å²) in [6.07, 6.45) is -0.593. The fraction of sp³-hybridized carbons (Fsp3) is 0.500. The standard InChI is InChI=1S/C4H6O4.2Li.2H/c5-3(6)1-2-4(7)8;;;;/h1-2H2,(H,5,6)(H,7,8);;;;. The van der Waals surface area contributed by atoms with Crippen LogP contribution < -0.4 is 0 Å². The molecule has 50 valence electrons. The van der Waals surface area contributed by atoms with E-state index in [1.807, 2.05) is 0 Å². The molecule has 0 aliphatic heterocycles. The molecule has 2 N–H and O–H groups in total. The summed E-state index contributed by atoms with van der Waals surface area (Å²) in [6.45, 7) is 0. The summed E-state index contributed by atoms with van der Waals surface area (Å²) in [5.41, 5.74) is 0. The number of aliphatic carboxylic acids is 2. The molecule has 0 fully saturated rings. The number of rotatable bonds is 3. The molecule has 0 aromatic rings. The Morgan fingerprint density at radius 1 is 0.900 bits per heavy atom. The van der Waals surface area contributed by atoms with Crippen molar-refractivity contribution in [2.24, 2.45) is 0 Å². The summed E-state index contributed by atoms with van der Waals surface area (Å²) >= 11 is 0. The molecule has 0 spiro atoms. The van der Waals surface area contributed by atoms with Crippen molar-refractivity contribution in [3.63, 3.8) is 0 Å². The fourth-order valence-electron chi connectivity index (χ4n) is 0.214. The molecule has 4 nitrogen and oxygen atoms in total. The monoisotopic (exact) mass is 134 g/mol. The first-order valence-electron chi connectivity index (χ1n) is 2.06. The number of carboxylic acids is 2. The first kappa shape index (κ1) is 16.6. The topological polar surface area (TPSA) is 74.6 Å². The maximum absolute atomic E-state index is 9.64. The average molecular weight is 134 g/mol. The van der Waals surface area contributed by atoms with E-state index in [2.05, 4.69) is 0 Å². The van der Waals surface area contributed by atoms with Gasteiger partial charge in [0.25, 0.3) is 0 Å². The van der Waals surface area contributed by atoms with Gasteiger partial charge < -0.3 is 10.2 Å². The van der Waals surface area contributed by atoms with Gasteiger partial charge in [0.2, 0.25) is 0 Å². The van der Waals surface area contributed by atoms with Gasteiger partial charge in [-0.2, -0.15) is 0 Å². The molecule has 0 radical (unpaired) electrons. The van der Waals surface area contributed by atoms with Crippen molar-refractivity contribution >= 4 is 49.7 Å². The predicted molar refractivity (Wildman–Crippen MR) is 38.8 cm³/mol. The van der Waals surface area contributed by atoms with Crippen molar-refractivity contribution in [1.82, 2.24) is 0 Å². The van der Waals surface area contributed by atoms with E-state index in [-0.39, 0.29) is 50.6 Å². The first-order valence-corrected chi connectivity index (χ1v) is 2.06. The van der Waals surface area contributed by atoms with Crippen LogP contribution in [0.2, 0.25) is 0 Å². The molecule has 0 aliphatic rings. The van der Waals surface area contributed by atoms with E-state index in [4.69, 9.17) is 10.2 Å². The van der Waals surface area contributed by atoms with Gasteiger partial charge in [0.05, 0.1) is 12.8 Å². The van der Waals surface area contributed by atoms with Crippen molar-refractivity contribution in [3.8, 4) is 0 Å². The number of hydrogen-bond acceptors (Lipinski definition) is 2. The van der Waals surface area contributed by atoms with Crippen LogP contribution in [0.3, 0.4) is 0 Å². The third-order valence-electron chi connectivity index (χ3n) is 0.553. The second-order valence-corrected chi connectivity index (χ2v) is 1.29. The van der Waals surface area contributed by atoms with Gasteiger partial charge in [0.15, 0.2) is 0 Å². The first-order chi connectivity index (χ1) is 3.63. The maximum atomic E-state index is 9.64. The Balaban J connectivity index is -0.000000245. The zero-order chi connectivity index (χ0) is 6.57. The van der Waals surface area contributed by atoms with Gasteiger partial charge in [-0.1, -0.05) is 0 Å². The van der Waals surface area contributed by atoms with E-state index in [1.54, 1.807) is 0 Å². The van der Waals surface area contributed by atoms with Gasteiger partial charge in [-0.25, -0.2) is 0 Å². The zero-order valence-electron chi connectivity index (χ0n) is 4.13. The number of carbonyl (C=O) groups is 2. The second kappa shape index (κ2) is 9.13. The van der Waals surface area contributed by atoms with Crippen molar-refractivity contribution in [3.05, 3.63) is 0 Å². The summed E-state index contributed by atoms with van der Waals surface area (Å²) in [5, 5.41) is 15.8. The van der Waals surface area contributed by atoms with Gasteiger partial charge in [-0.3, -0.25) is 9.59 Å². The minimum atomic E-state index is -1.08. The predicted octanol–water partition coefficient (Wildman–Crippen LogP) is -1.36. The molecule has 0 aliphatic carbocycles. The molecule has 0 saturated heterocycles. The van der Waals surface area contributed by atoms with Crippen LogP contribution in [0.25, 0.3) is 0 Å². The van der Waals surface area contributed by atoms with Crippen LogP contribution in [0.4, 0.5) is 0 Å². The van der Waals surface area contributed by atoms with Crippen LogP contribution in [0.1, 0.15) is 12.8 Å². The molecule has 0 unspecified atom stereocenters. The summed E-state index contributed by atoms with van der Waals surface area (Å²) in [4.78, 5) is 19.3. The minimum absolute atomic E-state index is 0. The number of carboxylic acid groups (broad SMARTS) is 2. The summed E-state index contributed by atoms with van der Waals surface area (Å²) < 4.78 is 0. The van der Waals surface area contributed by atoms with Crippen LogP contribution in [0.5, 0.6) is 0 Å². The Hall–Kier alpha value is 0.135. The van der Waals surface area contributed by atoms with Crippen LogP contribution in [-0.2, 0) is 9.59 Å². The molecule has 0 amide bonds. The van der Waals surface area contributed by atoms with Crippen LogP contribution in [-0.4, -0.2) is 59.9 Å². The molecule has 0 heterocycles. The molecule has 0 atom stereocenters. The SMILES string of the molecule is O=C(O)CCC(=O)O.[LiH].[LiH]. The molecular formula is C4H8Li2O4. The Bertz CT molecular complexity index is 99.8. The van der Waals surface area contributed by atoms with E-state index in [0.717, 1.165) is 0 Å². The van der Waals surface area contributed by atoms with Gasteiger partial charge in [-0.15, -0.1) is 0 Å². The number of hydrogen-bond donors (Lipinski definition) is 2. The summed E-state index contributed by atoms with van der Waals surface area (Å²) in [7, 11) is 0. The van der Waals surface area contributed by atoms with Gasteiger partial charge in [0, 0.05) is 0 Å². The van der Waals surface area contributed by atoms with E-state index < -0.39 is 11.9 Å². The molecule has 0 saturated carbocycles. The molecule has 0 rings (SSSR count). The van der Waals surface area contributed by atoms with Crippen LogP contribution in [0, 0.1) is 0 Å². The van der Waals surface area contributed by atoms with E-state index >= 15 is 0 Å². The molecule has 6 heteroatoms. The Morgan fingerprint density at radius 3 is 1.20 bits per heavy atom. The van der Waals surface area contributed by atoms with Gasteiger partial charge >= 0.3 is 49.7 Å². The second-order valence-electron chi connectivity index (χ2n) is 1.29. The van der Waals surface area contributed by atoms with Crippen molar-refractivity contribution in [1.29, 1.82) is 0 Å². The molecule has 0 bridgehead atoms. The Kier molecular flexibility index (Phi) is 15.2. The van der Waals surface area contributed by atoms with Crippen molar-refractivity contribution in [2.75, 3.05) is 0 Å². The third-order valence-corrected chi connectivity index (χ3v) is 0.553. The molecular weight excluding hydrogens is 126 g/mol.